The summed E-state index contributed by atoms with van der Waals surface area (Å²) in [5.41, 5.74) is 8.63. The van der Waals surface area contributed by atoms with Crippen LogP contribution >= 0.6 is 11.3 Å². The summed E-state index contributed by atoms with van der Waals surface area (Å²) in [5, 5.41) is 3.49. The molecule has 1 aromatic heterocycles. The third-order valence-electron chi connectivity index (χ3n) is 4.37. The molecule has 2 amide bonds. The van der Waals surface area contributed by atoms with Crippen LogP contribution in [-0.2, 0) is 12.8 Å². The summed E-state index contributed by atoms with van der Waals surface area (Å²) in [6.45, 7) is 4.07. The second-order valence-corrected chi connectivity index (χ2v) is 7.29. The molecule has 3 N–H and O–H groups in total. The maximum Gasteiger partial charge on any atom is 0.256 e. The SMILES string of the molecule is Cc1ccccc1C(=O)Nc1sc2c(c1C(N)=O)C[C@H](C)CC2. The Morgan fingerprint density at radius 1 is 1.30 bits per heavy atom. The van der Waals surface area contributed by atoms with E-state index in [4.69, 9.17) is 5.73 Å². The van der Waals surface area contributed by atoms with Crippen LogP contribution in [0.4, 0.5) is 5.00 Å². The fraction of sp³-hybridized carbons (Fsp3) is 0.333. The summed E-state index contributed by atoms with van der Waals surface area (Å²) < 4.78 is 0. The Morgan fingerprint density at radius 3 is 2.74 bits per heavy atom. The summed E-state index contributed by atoms with van der Waals surface area (Å²) in [4.78, 5) is 25.6. The van der Waals surface area contributed by atoms with Crippen molar-refractivity contribution in [3.8, 4) is 0 Å². The molecule has 0 radical (unpaired) electrons. The van der Waals surface area contributed by atoms with Crippen LogP contribution in [0, 0.1) is 12.8 Å². The molecule has 0 spiro atoms. The second-order valence-electron chi connectivity index (χ2n) is 6.19. The van der Waals surface area contributed by atoms with Crippen molar-refractivity contribution in [1.82, 2.24) is 0 Å². The van der Waals surface area contributed by atoms with Gasteiger partial charge in [0.1, 0.15) is 5.00 Å². The van der Waals surface area contributed by atoms with E-state index in [9.17, 15) is 9.59 Å². The highest BCUT2D eigenvalue weighted by molar-refractivity contribution is 7.17. The maximum absolute atomic E-state index is 12.5. The number of nitrogens with two attached hydrogens (primary N) is 1. The lowest BCUT2D eigenvalue weighted by molar-refractivity contribution is 0.1000. The van der Waals surface area contributed by atoms with Gasteiger partial charge in [-0.05, 0) is 49.3 Å². The highest BCUT2D eigenvalue weighted by Crippen LogP contribution is 2.39. The van der Waals surface area contributed by atoms with Crippen molar-refractivity contribution in [3.63, 3.8) is 0 Å². The van der Waals surface area contributed by atoms with Crippen LogP contribution in [0.25, 0.3) is 0 Å². The van der Waals surface area contributed by atoms with E-state index >= 15 is 0 Å². The Bertz CT molecular complexity index is 779. The van der Waals surface area contributed by atoms with Gasteiger partial charge in [-0.3, -0.25) is 9.59 Å². The first-order valence-electron chi connectivity index (χ1n) is 7.78. The minimum absolute atomic E-state index is 0.197. The smallest absolute Gasteiger partial charge is 0.256 e. The van der Waals surface area contributed by atoms with E-state index in [2.05, 4.69) is 12.2 Å². The molecule has 0 bridgehead atoms. The molecule has 1 aliphatic carbocycles. The normalized spacial score (nSPS) is 16.7. The number of fused-ring (bicyclic) bond motifs is 1. The predicted molar refractivity (Wildman–Crippen MR) is 93.2 cm³/mol. The van der Waals surface area contributed by atoms with Gasteiger partial charge in [0.15, 0.2) is 0 Å². The first kappa shape index (κ1) is 15.7. The van der Waals surface area contributed by atoms with E-state index < -0.39 is 5.91 Å². The van der Waals surface area contributed by atoms with Crippen LogP contribution in [0.3, 0.4) is 0 Å². The van der Waals surface area contributed by atoms with E-state index in [1.165, 1.54) is 16.2 Å². The molecule has 1 heterocycles. The van der Waals surface area contributed by atoms with E-state index in [1.807, 2.05) is 25.1 Å². The monoisotopic (exact) mass is 328 g/mol. The highest BCUT2D eigenvalue weighted by Gasteiger charge is 2.27. The first-order valence-corrected chi connectivity index (χ1v) is 8.60. The maximum atomic E-state index is 12.5. The van der Waals surface area contributed by atoms with Gasteiger partial charge in [0.25, 0.3) is 11.8 Å². The molecule has 0 saturated carbocycles. The molecule has 23 heavy (non-hydrogen) atoms. The van der Waals surface area contributed by atoms with Gasteiger partial charge in [-0.2, -0.15) is 0 Å². The molecule has 0 fully saturated rings. The fourth-order valence-corrected chi connectivity index (χ4v) is 4.35. The Hall–Kier alpha value is -2.14. The van der Waals surface area contributed by atoms with E-state index in [0.717, 1.165) is 30.4 Å². The molecular weight excluding hydrogens is 308 g/mol. The zero-order chi connectivity index (χ0) is 16.6. The van der Waals surface area contributed by atoms with Crippen molar-refractivity contribution < 1.29 is 9.59 Å². The molecular formula is C18H20N2O2S. The predicted octanol–water partition coefficient (Wildman–Crippen LogP) is 3.53. The number of carbonyl (C=O) groups is 2. The summed E-state index contributed by atoms with van der Waals surface area (Å²) in [6, 6.07) is 7.40. The third kappa shape index (κ3) is 3.01. The number of thiophene rings is 1. The van der Waals surface area contributed by atoms with Crippen molar-refractivity contribution in [2.75, 3.05) is 5.32 Å². The van der Waals surface area contributed by atoms with Gasteiger partial charge < -0.3 is 11.1 Å². The third-order valence-corrected chi connectivity index (χ3v) is 5.58. The minimum atomic E-state index is -0.461. The molecule has 0 unspecified atom stereocenters. The number of hydrogen-bond donors (Lipinski definition) is 2. The van der Waals surface area contributed by atoms with Crippen LogP contribution in [0.2, 0.25) is 0 Å². The van der Waals surface area contributed by atoms with Gasteiger partial charge >= 0.3 is 0 Å². The van der Waals surface area contributed by atoms with Gasteiger partial charge in [0.2, 0.25) is 0 Å². The molecule has 0 saturated heterocycles. The zero-order valence-corrected chi connectivity index (χ0v) is 14.1. The van der Waals surface area contributed by atoms with Gasteiger partial charge in [-0.1, -0.05) is 25.1 Å². The van der Waals surface area contributed by atoms with Gasteiger partial charge in [0.05, 0.1) is 5.56 Å². The lowest BCUT2D eigenvalue weighted by atomic mass is 9.87. The first-order chi connectivity index (χ1) is 11.0. The van der Waals surface area contributed by atoms with Crippen molar-refractivity contribution in [3.05, 3.63) is 51.4 Å². The van der Waals surface area contributed by atoms with Crippen molar-refractivity contribution >= 4 is 28.2 Å². The summed E-state index contributed by atoms with van der Waals surface area (Å²) in [6.07, 6.45) is 2.91. The summed E-state index contributed by atoms with van der Waals surface area (Å²) >= 11 is 1.49. The lowest BCUT2D eigenvalue weighted by Crippen LogP contribution is -2.20. The second kappa shape index (κ2) is 6.16. The van der Waals surface area contributed by atoms with E-state index in [1.54, 1.807) is 6.07 Å². The number of rotatable bonds is 3. The average molecular weight is 328 g/mol. The quantitative estimate of drug-likeness (QED) is 0.904. The number of carbonyl (C=O) groups excluding carboxylic acids is 2. The van der Waals surface area contributed by atoms with E-state index in [-0.39, 0.29) is 5.91 Å². The molecule has 4 nitrogen and oxygen atoms in total. The Balaban J connectivity index is 1.96. The van der Waals surface area contributed by atoms with E-state index in [0.29, 0.717) is 22.0 Å². The van der Waals surface area contributed by atoms with Crippen molar-refractivity contribution in [1.29, 1.82) is 0 Å². The number of amides is 2. The highest BCUT2D eigenvalue weighted by atomic mass is 32.1. The Kier molecular flexibility index (Phi) is 4.22. The lowest BCUT2D eigenvalue weighted by Gasteiger charge is -2.18. The molecule has 1 aliphatic rings. The number of aryl methyl sites for hydroxylation is 2. The topological polar surface area (TPSA) is 72.2 Å². The molecule has 1 aromatic carbocycles. The van der Waals surface area contributed by atoms with Crippen LogP contribution in [-0.4, -0.2) is 11.8 Å². The fourth-order valence-electron chi connectivity index (χ4n) is 3.10. The number of nitrogens with one attached hydrogen (secondary N) is 1. The van der Waals surface area contributed by atoms with Gasteiger partial charge in [-0.15, -0.1) is 11.3 Å². The number of primary amides is 1. The molecule has 1 atom stereocenters. The minimum Gasteiger partial charge on any atom is -0.365 e. The van der Waals surface area contributed by atoms with Crippen molar-refractivity contribution in [2.45, 2.75) is 33.1 Å². The van der Waals surface area contributed by atoms with Crippen LogP contribution in [0.5, 0.6) is 0 Å². The average Bonchev–Trinajstić information content (AvgIpc) is 2.84. The van der Waals surface area contributed by atoms with Crippen LogP contribution in [0.1, 0.15) is 50.1 Å². The van der Waals surface area contributed by atoms with Gasteiger partial charge in [-0.25, -0.2) is 0 Å². The Labute approximate surface area is 139 Å². The largest absolute Gasteiger partial charge is 0.365 e. The van der Waals surface area contributed by atoms with Crippen molar-refractivity contribution in [2.24, 2.45) is 11.7 Å². The molecule has 3 rings (SSSR count). The van der Waals surface area contributed by atoms with Gasteiger partial charge in [0, 0.05) is 10.4 Å². The molecule has 0 aliphatic heterocycles. The number of hydrogen-bond acceptors (Lipinski definition) is 3. The van der Waals surface area contributed by atoms with Crippen LogP contribution < -0.4 is 11.1 Å². The number of anilines is 1. The standard InChI is InChI=1S/C18H20N2O2S/c1-10-7-8-14-13(9-10)15(16(19)21)18(23-14)20-17(22)12-6-4-3-5-11(12)2/h3-6,10H,7-9H2,1-2H3,(H2,19,21)(H,20,22)/t10-/m1/s1. The number of benzene rings is 1. The summed E-state index contributed by atoms with van der Waals surface area (Å²) in [7, 11) is 0. The zero-order valence-electron chi connectivity index (χ0n) is 13.3. The van der Waals surface area contributed by atoms with Crippen LogP contribution in [0.15, 0.2) is 24.3 Å². The summed E-state index contributed by atoms with van der Waals surface area (Å²) in [5.74, 6) is -0.121. The Morgan fingerprint density at radius 2 is 2.04 bits per heavy atom. The molecule has 120 valence electrons. The molecule has 5 heteroatoms. The molecule has 2 aromatic rings.